The number of hydrogen-bond donors (Lipinski definition) is 2. The average Bonchev–Trinajstić information content (AvgIpc) is 3.16. The highest BCUT2D eigenvalue weighted by molar-refractivity contribution is 7.08. The summed E-state index contributed by atoms with van der Waals surface area (Å²) in [5.41, 5.74) is 3.39. The summed E-state index contributed by atoms with van der Waals surface area (Å²) in [5, 5.41) is 9.28. The highest BCUT2D eigenvalue weighted by atomic mass is 32.1. The number of nitrogens with zero attached hydrogens (tertiary/aromatic N) is 1. The lowest BCUT2D eigenvalue weighted by molar-refractivity contribution is -0.133. The molecule has 0 spiro atoms. The van der Waals surface area contributed by atoms with E-state index >= 15 is 0 Å². The summed E-state index contributed by atoms with van der Waals surface area (Å²) in [6.45, 7) is 4.28. The molecule has 0 saturated heterocycles. The Hall–Kier alpha value is -2.67. The lowest BCUT2D eigenvalue weighted by Crippen LogP contribution is -2.35. The predicted molar refractivity (Wildman–Crippen MR) is 108 cm³/mol. The van der Waals surface area contributed by atoms with Crippen LogP contribution in [0.3, 0.4) is 0 Å². The number of carbonyl (C=O) groups is 3. The van der Waals surface area contributed by atoms with Gasteiger partial charge in [0.2, 0.25) is 11.8 Å². The zero-order valence-electron chi connectivity index (χ0n) is 15.9. The Balaban J connectivity index is 1.71. The van der Waals surface area contributed by atoms with E-state index in [1.807, 2.05) is 37.4 Å². The Labute approximate surface area is 163 Å². The minimum atomic E-state index is -0.228. The van der Waals surface area contributed by atoms with E-state index in [2.05, 4.69) is 10.6 Å². The molecule has 0 atom stereocenters. The summed E-state index contributed by atoms with van der Waals surface area (Å²) in [5.74, 6) is -0.490. The van der Waals surface area contributed by atoms with Gasteiger partial charge in [0.15, 0.2) is 0 Å². The van der Waals surface area contributed by atoms with Crippen LogP contribution in [-0.4, -0.2) is 42.8 Å². The number of nitrogens with one attached hydrogen (secondary N) is 2. The van der Waals surface area contributed by atoms with E-state index in [1.54, 1.807) is 18.5 Å². The molecule has 27 heavy (non-hydrogen) atoms. The fraction of sp³-hybridized carbons (Fsp3) is 0.350. The molecule has 7 heteroatoms. The third kappa shape index (κ3) is 6.21. The molecule has 1 aromatic heterocycles. The first-order chi connectivity index (χ1) is 12.9. The van der Waals surface area contributed by atoms with Crippen molar-refractivity contribution in [2.24, 2.45) is 0 Å². The molecule has 0 radical (unpaired) electrons. The average molecular weight is 388 g/mol. The van der Waals surface area contributed by atoms with E-state index in [1.165, 1.54) is 16.2 Å². The quantitative estimate of drug-likeness (QED) is 0.684. The summed E-state index contributed by atoms with van der Waals surface area (Å²) < 4.78 is 0. The van der Waals surface area contributed by atoms with Gasteiger partial charge in [0.05, 0.1) is 6.54 Å². The topological polar surface area (TPSA) is 78.5 Å². The molecule has 1 aromatic carbocycles. The lowest BCUT2D eigenvalue weighted by atomic mass is 10.1. The molecule has 2 aromatic rings. The third-order valence-corrected chi connectivity index (χ3v) is 4.87. The Morgan fingerprint density at radius 2 is 1.81 bits per heavy atom. The standard InChI is InChI=1S/C20H25N3O3S/c1-14-6-4-7-15(2)19(14)22-17(24)12-23(3)18(25)8-5-10-21-20(26)16-9-11-27-13-16/h4,6-7,9,11,13H,5,8,10,12H2,1-3H3,(H,21,26)(H,22,24). The minimum absolute atomic E-state index is 0.00608. The predicted octanol–water partition coefficient (Wildman–Crippen LogP) is 2.97. The summed E-state index contributed by atoms with van der Waals surface area (Å²) in [4.78, 5) is 37.6. The van der Waals surface area contributed by atoms with E-state index in [-0.39, 0.29) is 30.7 Å². The van der Waals surface area contributed by atoms with E-state index in [4.69, 9.17) is 0 Å². The van der Waals surface area contributed by atoms with Crippen LogP contribution in [0.2, 0.25) is 0 Å². The van der Waals surface area contributed by atoms with Gasteiger partial charge in [-0.1, -0.05) is 18.2 Å². The molecule has 2 N–H and O–H groups in total. The number of carbonyl (C=O) groups excluding carboxylic acids is 3. The van der Waals surface area contributed by atoms with Crippen LogP contribution in [0.4, 0.5) is 5.69 Å². The molecule has 0 aliphatic rings. The van der Waals surface area contributed by atoms with E-state index in [0.29, 0.717) is 18.5 Å². The van der Waals surface area contributed by atoms with Crippen LogP contribution < -0.4 is 10.6 Å². The maximum atomic E-state index is 12.2. The molecule has 144 valence electrons. The van der Waals surface area contributed by atoms with Gasteiger partial charge >= 0.3 is 0 Å². The van der Waals surface area contributed by atoms with Crippen molar-refractivity contribution in [3.8, 4) is 0 Å². The fourth-order valence-electron chi connectivity index (χ4n) is 2.62. The van der Waals surface area contributed by atoms with Crippen LogP contribution in [0, 0.1) is 13.8 Å². The molecule has 0 aliphatic carbocycles. The number of amides is 3. The summed E-state index contributed by atoms with van der Waals surface area (Å²) >= 11 is 1.46. The monoisotopic (exact) mass is 387 g/mol. The SMILES string of the molecule is Cc1cccc(C)c1NC(=O)CN(C)C(=O)CCCNC(=O)c1ccsc1. The maximum Gasteiger partial charge on any atom is 0.252 e. The van der Waals surface area contributed by atoms with Crippen LogP contribution in [0.15, 0.2) is 35.0 Å². The largest absolute Gasteiger partial charge is 0.352 e. The highest BCUT2D eigenvalue weighted by Crippen LogP contribution is 2.19. The van der Waals surface area contributed by atoms with Crippen LogP contribution in [0.25, 0.3) is 0 Å². The summed E-state index contributed by atoms with van der Waals surface area (Å²) in [6.07, 6.45) is 0.800. The van der Waals surface area contributed by atoms with Crippen molar-refractivity contribution in [2.75, 3.05) is 25.5 Å². The van der Waals surface area contributed by atoms with Gasteiger partial charge in [0.25, 0.3) is 5.91 Å². The zero-order chi connectivity index (χ0) is 19.8. The second-order valence-electron chi connectivity index (χ2n) is 6.44. The molecular formula is C20H25N3O3S. The molecule has 0 saturated carbocycles. The smallest absolute Gasteiger partial charge is 0.252 e. The van der Waals surface area contributed by atoms with Gasteiger partial charge in [-0.3, -0.25) is 14.4 Å². The van der Waals surface area contributed by atoms with Crippen LogP contribution >= 0.6 is 11.3 Å². The molecule has 2 rings (SSSR count). The van der Waals surface area contributed by atoms with Crippen molar-refractivity contribution >= 4 is 34.7 Å². The van der Waals surface area contributed by atoms with E-state index < -0.39 is 0 Å². The van der Waals surface area contributed by atoms with Gasteiger partial charge in [-0.05, 0) is 42.8 Å². The van der Waals surface area contributed by atoms with Gasteiger partial charge < -0.3 is 15.5 Å². The molecule has 0 bridgehead atoms. The van der Waals surface area contributed by atoms with Crippen LogP contribution in [0.1, 0.15) is 34.3 Å². The van der Waals surface area contributed by atoms with E-state index in [0.717, 1.165) is 16.8 Å². The number of benzene rings is 1. The number of rotatable bonds is 8. The second kappa shape index (κ2) is 9.87. The van der Waals surface area contributed by atoms with Crippen molar-refractivity contribution < 1.29 is 14.4 Å². The molecular weight excluding hydrogens is 362 g/mol. The fourth-order valence-corrected chi connectivity index (χ4v) is 3.26. The molecule has 0 unspecified atom stereocenters. The number of hydrogen-bond acceptors (Lipinski definition) is 4. The van der Waals surface area contributed by atoms with Gasteiger partial charge in [-0.25, -0.2) is 0 Å². The lowest BCUT2D eigenvalue weighted by Gasteiger charge is -2.18. The van der Waals surface area contributed by atoms with E-state index in [9.17, 15) is 14.4 Å². The van der Waals surface area contributed by atoms with Gasteiger partial charge in [0.1, 0.15) is 0 Å². The third-order valence-electron chi connectivity index (χ3n) is 4.19. The van der Waals surface area contributed by atoms with Gasteiger partial charge in [-0.2, -0.15) is 11.3 Å². The van der Waals surface area contributed by atoms with Gasteiger partial charge in [-0.15, -0.1) is 0 Å². The number of para-hydroxylation sites is 1. The summed E-state index contributed by atoms with van der Waals surface area (Å²) in [6, 6.07) is 7.56. The van der Waals surface area contributed by atoms with Crippen molar-refractivity contribution in [2.45, 2.75) is 26.7 Å². The van der Waals surface area contributed by atoms with Crippen molar-refractivity contribution in [1.82, 2.24) is 10.2 Å². The normalized spacial score (nSPS) is 10.3. The Morgan fingerprint density at radius 3 is 2.44 bits per heavy atom. The van der Waals surface area contributed by atoms with Crippen molar-refractivity contribution in [3.63, 3.8) is 0 Å². The van der Waals surface area contributed by atoms with Gasteiger partial charge in [0, 0.05) is 36.6 Å². The van der Waals surface area contributed by atoms with Crippen molar-refractivity contribution in [1.29, 1.82) is 0 Å². The second-order valence-corrected chi connectivity index (χ2v) is 7.22. The Morgan fingerprint density at radius 1 is 1.11 bits per heavy atom. The van der Waals surface area contributed by atoms with Crippen LogP contribution in [0.5, 0.6) is 0 Å². The first-order valence-corrected chi connectivity index (χ1v) is 9.73. The number of likely N-dealkylation sites (N-methyl/N-ethyl adjacent to an activating group) is 1. The Kier molecular flexibility index (Phi) is 7.55. The zero-order valence-corrected chi connectivity index (χ0v) is 16.7. The molecule has 0 aliphatic heterocycles. The van der Waals surface area contributed by atoms with Crippen LogP contribution in [-0.2, 0) is 9.59 Å². The number of anilines is 1. The minimum Gasteiger partial charge on any atom is -0.352 e. The molecule has 6 nitrogen and oxygen atoms in total. The molecule has 1 heterocycles. The first-order valence-electron chi connectivity index (χ1n) is 8.79. The highest BCUT2D eigenvalue weighted by Gasteiger charge is 2.14. The number of aryl methyl sites for hydroxylation is 2. The maximum absolute atomic E-state index is 12.2. The first kappa shape index (κ1) is 20.6. The molecule has 0 fully saturated rings. The Bertz CT molecular complexity index is 783. The number of thiophene rings is 1. The summed E-state index contributed by atoms with van der Waals surface area (Å²) in [7, 11) is 1.61. The van der Waals surface area contributed by atoms with Crippen molar-refractivity contribution in [3.05, 3.63) is 51.7 Å². The molecule has 3 amide bonds.